The molecule has 2 saturated heterocycles. The Balaban J connectivity index is 1.08. The van der Waals surface area contributed by atoms with Gasteiger partial charge in [0.15, 0.2) is 41.4 Å². The van der Waals surface area contributed by atoms with Crippen LogP contribution in [0, 0.1) is 5.92 Å². The lowest BCUT2D eigenvalue weighted by molar-refractivity contribution is -0.334. The minimum absolute atomic E-state index is 0.110. The number of carbonyl (C=O) groups is 8. The molecule has 6 aromatic rings. The zero-order valence-corrected chi connectivity index (χ0v) is 68.5. The monoisotopic (exact) mass is 1720 g/mol. The SMILES string of the molecule is C=CCCOc1cc(CN[C@@]2(C)C[C@H](O[C@H]3[C@H](Oc4c5cc6cc4Oc4ccc(cc4Cl)[C@@H](O)[C@@H](NC(=O)[C@@H](CC(C)C)NC)C(=O)N[C@@H](CC(N)=O)C(=O)N[C@H]6C(=O)N[C@H]4C(=O)N[C@H](C(=O)N[C@H](C(=O)O)c6cc(O)cc(O)c6-c6cc4ccc6O)[C@H](O)c4ccc(c(Cl)c4)O5)O[C@H](CO)[C@@H](O)[C@@H]3O)O[C@@H](C)[C@H]2O)ccc1OCCCCCCC. The molecule has 35 nitrogen and oxygen atoms in total. The number of rotatable bonds is 27. The summed E-state index contributed by atoms with van der Waals surface area (Å²) in [6.07, 6.45) is -11.5. The molecular weight excluding hydrogens is 1620 g/mol. The van der Waals surface area contributed by atoms with Gasteiger partial charge in [0.2, 0.25) is 53.4 Å². The molecule has 20 N–H and O–H groups in total. The molecular formula is C84H101Cl2N9O26. The van der Waals surface area contributed by atoms with E-state index in [4.69, 9.17) is 66.8 Å². The van der Waals surface area contributed by atoms with E-state index in [1.165, 1.54) is 19.2 Å². The fourth-order valence-electron chi connectivity index (χ4n) is 15.0. The zero-order chi connectivity index (χ0) is 87.6. The number of halogens is 2. The van der Waals surface area contributed by atoms with Crippen LogP contribution in [0.5, 0.6) is 57.5 Å². The largest absolute Gasteiger partial charge is 0.508 e. The summed E-state index contributed by atoms with van der Waals surface area (Å²) >= 11 is 14.3. The number of phenolic OH excluding ortho intramolecular Hbond substituents is 3. The van der Waals surface area contributed by atoms with Gasteiger partial charge in [0.05, 0.1) is 54.5 Å². The van der Waals surface area contributed by atoms with Gasteiger partial charge in [-0.1, -0.05) is 100.0 Å². The highest BCUT2D eigenvalue weighted by atomic mass is 35.5. The van der Waals surface area contributed by atoms with Gasteiger partial charge in [-0.3, -0.25) is 33.6 Å². The van der Waals surface area contributed by atoms with E-state index >= 15 is 14.4 Å². The van der Waals surface area contributed by atoms with E-state index in [2.05, 4.69) is 56.0 Å². The maximum absolute atomic E-state index is 16.3. The van der Waals surface area contributed by atoms with Gasteiger partial charge in [0.25, 0.3) is 0 Å². The third kappa shape index (κ3) is 21.3. The van der Waals surface area contributed by atoms with E-state index < -0.39 is 237 Å². The van der Waals surface area contributed by atoms with Crippen molar-refractivity contribution >= 4 is 70.5 Å². The number of aliphatic carboxylic acids is 1. The number of phenols is 3. The Morgan fingerprint density at radius 1 is 0.702 bits per heavy atom. The molecule has 652 valence electrons. The van der Waals surface area contributed by atoms with Crippen LogP contribution < -0.4 is 72.0 Å². The lowest BCUT2D eigenvalue weighted by atomic mass is 9.84. The average molecular weight is 1720 g/mol. The highest BCUT2D eigenvalue weighted by Gasteiger charge is 2.52. The van der Waals surface area contributed by atoms with E-state index in [0.29, 0.717) is 31.1 Å². The molecule has 121 heavy (non-hydrogen) atoms. The molecule has 7 heterocycles. The second-order valence-electron chi connectivity index (χ2n) is 30.9. The van der Waals surface area contributed by atoms with Crippen molar-refractivity contribution in [2.45, 2.75) is 208 Å². The van der Waals surface area contributed by atoms with Gasteiger partial charge in [0, 0.05) is 41.3 Å². The van der Waals surface area contributed by atoms with Crippen molar-refractivity contribution in [2.75, 3.05) is 26.9 Å². The molecule has 0 aromatic heterocycles. The molecule has 0 aliphatic carbocycles. The molecule has 0 unspecified atom stereocenters. The molecule has 18 atom stereocenters. The van der Waals surface area contributed by atoms with Gasteiger partial charge in [-0.2, -0.15) is 0 Å². The first-order valence-electron chi connectivity index (χ1n) is 39.5. The summed E-state index contributed by atoms with van der Waals surface area (Å²) in [5.74, 6) is -15.1. The van der Waals surface area contributed by atoms with E-state index in [0.717, 1.165) is 104 Å². The van der Waals surface area contributed by atoms with E-state index in [1.807, 2.05) is 26.0 Å². The summed E-state index contributed by atoms with van der Waals surface area (Å²) in [5, 5.41) is 137. The number of aromatic hydroxyl groups is 3. The van der Waals surface area contributed by atoms with Crippen molar-refractivity contribution in [3.05, 3.63) is 153 Å². The quantitative estimate of drug-likeness (QED) is 0.0231. The highest BCUT2D eigenvalue weighted by Crippen LogP contribution is 2.50. The lowest BCUT2D eigenvalue weighted by Crippen LogP contribution is -2.65. The molecule has 0 saturated carbocycles. The Hall–Kier alpha value is -10.6. The van der Waals surface area contributed by atoms with Gasteiger partial charge < -0.3 is 137 Å². The standard InChI is InChI=1S/C84H101Cl2N9O26/c1-8-10-12-13-14-24-114-56-20-15-40(26-57(56)115-23-11-9-2)36-89-84(6)35-62(116-39(5)75(84)105)120-74-72(104)71(103)60(37-96)119-83(74)121-73-58-30-44-31-59(73)118-55-22-18-43(29-49(55)86)70(102)68-81(111)93-66(82(112)113)47-32-45(97)33-53(99)63(47)46-27-41(16-19-52(46)98)64(78(108)95-68)92-79(109)65(44)91-77(107)51(34-61(87)100)90-80(110)67(94-76(106)50(88-7)25-38(3)4)69(101)42-17-21-54(117-58)48(85)28-42/h9,15-22,26-33,38-39,50-51,60,62,64-72,74-75,83,88-89,96-99,101-105H,2,8,10-14,23-25,34-37H2,1,3-7H3,(H2,87,100)(H,90,110)(H,91,107)(H,92,109)(H,93,111)(H,94,106)(H,95,108)(H,112,113)/t39-,50+,51-,60+,62-,64+,65+,66-,67+,68-,69+,70+,71+,72-,74+,75+,83-,84-/m0/s1. The second kappa shape index (κ2) is 39.9. The number of likely N-dealkylation sites (N-methyl/N-ethyl adjacent to an activating group) is 1. The number of benzene rings is 6. The van der Waals surface area contributed by atoms with Crippen LogP contribution in [-0.2, 0) is 59.1 Å². The van der Waals surface area contributed by atoms with Gasteiger partial charge in [0.1, 0.15) is 89.5 Å². The Bertz CT molecular complexity index is 4830. The van der Waals surface area contributed by atoms with Crippen molar-refractivity contribution in [3.8, 4) is 68.6 Å². The number of aliphatic hydroxyl groups is 6. The first-order chi connectivity index (χ1) is 57.6. The maximum Gasteiger partial charge on any atom is 0.330 e. The van der Waals surface area contributed by atoms with E-state index in [-0.39, 0.29) is 52.8 Å². The summed E-state index contributed by atoms with van der Waals surface area (Å²) < 4.78 is 52.0. The number of carboxylic acid groups (broad SMARTS) is 1. The normalized spacial score (nSPS) is 26.4. The number of aliphatic hydroxyl groups excluding tert-OH is 6. The van der Waals surface area contributed by atoms with Crippen molar-refractivity contribution in [3.63, 3.8) is 0 Å². The topological polar surface area (TPSA) is 535 Å². The molecule has 7 aliphatic heterocycles. The fourth-order valence-corrected chi connectivity index (χ4v) is 15.4. The van der Waals surface area contributed by atoms with Gasteiger partial charge in [-0.05, 0) is 141 Å². The number of nitrogens with two attached hydrogens (primary N) is 1. The number of carboxylic acids is 1. The van der Waals surface area contributed by atoms with Crippen molar-refractivity contribution in [2.24, 2.45) is 11.7 Å². The minimum Gasteiger partial charge on any atom is -0.508 e. The zero-order valence-electron chi connectivity index (χ0n) is 66.9. The van der Waals surface area contributed by atoms with Crippen molar-refractivity contribution in [1.29, 1.82) is 0 Å². The number of unbranched alkanes of at least 4 members (excludes halogenated alkanes) is 4. The van der Waals surface area contributed by atoms with Gasteiger partial charge >= 0.3 is 5.97 Å². The fraction of sp³-hybridized carbons (Fsp3) is 0.452. The average Bonchev–Trinajstić information content (AvgIpc) is 0.796. The lowest BCUT2D eigenvalue weighted by Gasteiger charge is -2.48. The molecule has 7 amide bonds. The van der Waals surface area contributed by atoms with Gasteiger partial charge in [-0.15, -0.1) is 6.58 Å². The maximum atomic E-state index is 16.3. The summed E-state index contributed by atoms with van der Waals surface area (Å²) in [5.41, 5.74) is 2.36. The van der Waals surface area contributed by atoms with Crippen LogP contribution in [0.15, 0.2) is 110 Å². The van der Waals surface area contributed by atoms with E-state index in [9.17, 15) is 75.0 Å². The highest BCUT2D eigenvalue weighted by molar-refractivity contribution is 6.32. The number of ether oxygens (including phenoxy) is 8. The third-order valence-electron chi connectivity index (χ3n) is 21.5. The summed E-state index contributed by atoms with van der Waals surface area (Å²) in [4.78, 5) is 118. The molecule has 6 aromatic carbocycles. The molecule has 0 spiro atoms. The molecule has 37 heteroatoms. The summed E-state index contributed by atoms with van der Waals surface area (Å²) in [7, 11) is 1.48. The predicted octanol–water partition coefficient (Wildman–Crippen LogP) is 5.24. The Morgan fingerprint density at radius 3 is 1.98 bits per heavy atom. The van der Waals surface area contributed by atoms with Crippen molar-refractivity contribution in [1.82, 2.24) is 42.5 Å². The van der Waals surface area contributed by atoms with Crippen LogP contribution in [0.3, 0.4) is 0 Å². The Labute approximate surface area is 705 Å². The van der Waals surface area contributed by atoms with Crippen LogP contribution >= 0.6 is 23.2 Å². The number of amides is 7. The van der Waals surface area contributed by atoms with Crippen LogP contribution in [-0.4, -0.2) is 204 Å². The number of fused-ring (bicyclic) bond motifs is 15. The molecule has 11 bridgehead atoms. The number of primary amides is 1. The summed E-state index contributed by atoms with van der Waals surface area (Å²) in [6.45, 7) is 12.8. The smallest absolute Gasteiger partial charge is 0.330 e. The first kappa shape index (κ1) is 91.1. The molecule has 13 rings (SSSR count). The predicted molar refractivity (Wildman–Crippen MR) is 433 cm³/mol. The van der Waals surface area contributed by atoms with E-state index in [1.54, 1.807) is 26.0 Å². The van der Waals surface area contributed by atoms with Crippen LogP contribution in [0.25, 0.3) is 11.1 Å². The van der Waals surface area contributed by atoms with Crippen LogP contribution in [0.2, 0.25) is 10.0 Å². The van der Waals surface area contributed by atoms with Crippen LogP contribution in [0.4, 0.5) is 0 Å². The summed E-state index contributed by atoms with van der Waals surface area (Å²) in [6, 6.07) is 4.80. The number of carbonyl (C=O) groups excluding carboxylic acids is 7. The number of hydrogen-bond acceptors (Lipinski definition) is 27. The molecule has 2 fully saturated rings. The Kier molecular flexibility index (Phi) is 30.1. The molecule has 7 aliphatic rings. The van der Waals surface area contributed by atoms with Crippen molar-refractivity contribution < 1.29 is 127 Å². The minimum atomic E-state index is -2.37. The Morgan fingerprint density at radius 2 is 1.35 bits per heavy atom. The number of nitrogens with one attached hydrogen (secondary N) is 8. The molecule has 0 radical (unpaired) electrons. The second-order valence-corrected chi connectivity index (χ2v) is 31.8. The van der Waals surface area contributed by atoms with Gasteiger partial charge in [-0.25, -0.2) is 4.79 Å². The van der Waals surface area contributed by atoms with Crippen LogP contribution in [0.1, 0.15) is 156 Å². The third-order valence-corrected chi connectivity index (χ3v) is 22.1. The first-order valence-corrected chi connectivity index (χ1v) is 40.3. The number of hydrogen-bond donors (Lipinski definition) is 19.